The third-order valence-corrected chi connectivity index (χ3v) is 7.46. The van der Waals surface area contributed by atoms with Crippen LogP contribution in [-0.4, -0.2) is 91.1 Å². The molecular formula is C19H37NO10S3. The minimum atomic E-state index is -4.82. The van der Waals surface area contributed by atoms with Crippen molar-refractivity contribution in [2.75, 3.05) is 18.6 Å². The van der Waals surface area contributed by atoms with E-state index in [1.54, 1.807) is 6.26 Å². The third kappa shape index (κ3) is 13.4. The summed E-state index contributed by atoms with van der Waals surface area (Å²) in [7, 11) is -5.54. The molecule has 5 N–H and O–H groups in total. The van der Waals surface area contributed by atoms with Gasteiger partial charge in [-0.05, 0) is 19.3 Å². The predicted octanol–water partition coefficient (Wildman–Crippen LogP) is 0.932. The van der Waals surface area contributed by atoms with Crippen LogP contribution in [0.2, 0.25) is 0 Å². The first-order valence-electron chi connectivity index (χ1n) is 11.0. The first-order chi connectivity index (χ1) is 15.5. The summed E-state index contributed by atoms with van der Waals surface area (Å²) in [5.41, 5.74) is -1.13. The molecule has 196 valence electrons. The molecule has 0 amide bonds. The molecule has 14 heteroatoms. The molecule has 0 radical (unpaired) electrons. The van der Waals surface area contributed by atoms with Crippen LogP contribution in [0.5, 0.6) is 0 Å². The zero-order valence-corrected chi connectivity index (χ0v) is 21.3. The zero-order chi connectivity index (χ0) is 24.9. The Morgan fingerprint density at radius 3 is 2.03 bits per heavy atom. The highest BCUT2D eigenvalue weighted by atomic mass is 32.3. The van der Waals surface area contributed by atoms with Gasteiger partial charge in [0.15, 0.2) is 0 Å². The summed E-state index contributed by atoms with van der Waals surface area (Å²) in [5, 5.41) is 42.8. The van der Waals surface area contributed by atoms with Gasteiger partial charge >= 0.3 is 10.4 Å². The average molecular weight is 536 g/mol. The average Bonchev–Trinajstić information content (AvgIpc) is 2.74. The molecule has 0 aromatic carbocycles. The summed E-state index contributed by atoms with van der Waals surface area (Å²) in [4.78, 5) is 0. The third-order valence-electron chi connectivity index (χ3n) is 5.16. The van der Waals surface area contributed by atoms with Crippen molar-refractivity contribution in [3.8, 4) is 0 Å². The van der Waals surface area contributed by atoms with Crippen molar-refractivity contribution < 1.29 is 46.6 Å². The number of rotatable bonds is 16. The summed E-state index contributed by atoms with van der Waals surface area (Å²) in [6.45, 7) is -0.589. The van der Waals surface area contributed by atoms with E-state index in [1.165, 1.54) is 0 Å². The lowest BCUT2D eigenvalue weighted by molar-refractivity contribution is -0.205. The molecular weight excluding hydrogens is 498 g/mol. The maximum Gasteiger partial charge on any atom is 0.466 e. The van der Waals surface area contributed by atoms with Gasteiger partial charge in [0.1, 0.15) is 34.9 Å². The van der Waals surface area contributed by atoms with Crippen LogP contribution in [0.4, 0.5) is 0 Å². The largest absolute Gasteiger partial charge is 0.466 e. The smallest absolute Gasteiger partial charge is 0.394 e. The van der Waals surface area contributed by atoms with E-state index in [-0.39, 0.29) is 11.5 Å². The summed E-state index contributed by atoms with van der Waals surface area (Å²) < 4.78 is 51.0. The van der Waals surface area contributed by atoms with Gasteiger partial charge < -0.3 is 25.2 Å². The molecule has 1 aliphatic rings. The molecule has 0 spiro atoms. The lowest BCUT2D eigenvalue weighted by Crippen LogP contribution is -2.57. The van der Waals surface area contributed by atoms with Crippen molar-refractivity contribution in [2.45, 2.75) is 94.1 Å². The normalized spacial score (nSPS) is 27.5. The van der Waals surface area contributed by atoms with Crippen molar-refractivity contribution in [1.29, 1.82) is 0 Å². The second kappa shape index (κ2) is 16.4. The lowest BCUT2D eigenvalue weighted by atomic mass is 10.0. The summed E-state index contributed by atoms with van der Waals surface area (Å²) >= 11 is 0.794. The van der Waals surface area contributed by atoms with Crippen LogP contribution in [-0.2, 0) is 30.2 Å². The Bertz CT molecular complexity index is 704. The standard InChI is InChI=1S/C19H37NO10S3/c1-32(25)12-10-8-6-4-2-3-5-7-9-11-15(20-30-33(26,27)28)31-19-18(24)17(23)16(22)14(13-21)29-19/h14,16-19,21-24H,2-13H2,1H3,(H,26,27,28)/b20-15+/t14-,16-,17+,18-,19+,32?/m1/s1. The van der Waals surface area contributed by atoms with Crippen LogP contribution in [0.15, 0.2) is 5.16 Å². The fraction of sp³-hybridized carbons (Fsp3) is 0.947. The molecule has 33 heavy (non-hydrogen) atoms. The first-order valence-corrected chi connectivity index (χ1v) is 15.0. The number of aliphatic hydroxyl groups excluding tert-OH is 4. The van der Waals surface area contributed by atoms with E-state index in [4.69, 9.17) is 9.29 Å². The Kier molecular flexibility index (Phi) is 15.2. The zero-order valence-electron chi connectivity index (χ0n) is 18.8. The number of hydrogen-bond acceptors (Lipinski definition) is 11. The molecule has 1 rings (SSSR count). The minimum absolute atomic E-state index is 0.116. The van der Waals surface area contributed by atoms with Gasteiger partial charge in [-0.3, -0.25) is 8.76 Å². The van der Waals surface area contributed by atoms with E-state index in [2.05, 4.69) is 9.44 Å². The van der Waals surface area contributed by atoms with Gasteiger partial charge in [0.25, 0.3) is 0 Å². The SMILES string of the molecule is CS(=O)CCCCCCCCCCC/C(=N\OS(=O)(=O)O)S[C@@H]1O[C@H](CO)[C@@H](O)[C@H](O)[C@H]1O. The lowest BCUT2D eigenvalue weighted by Gasteiger charge is -2.39. The topological polar surface area (TPSA) is 183 Å². The first kappa shape index (κ1) is 30.7. The quantitative estimate of drug-likeness (QED) is 0.0623. The molecule has 1 unspecified atom stereocenters. The molecule has 1 fully saturated rings. The molecule has 0 bridgehead atoms. The van der Waals surface area contributed by atoms with Gasteiger partial charge in [-0.15, -0.1) is 0 Å². The summed E-state index contributed by atoms with van der Waals surface area (Å²) in [6.07, 6.45) is 5.22. The second-order valence-corrected chi connectivity index (χ2v) is 11.7. The Hall–Kier alpha value is -0.320. The maximum atomic E-state index is 11.0. The molecule has 11 nitrogen and oxygen atoms in total. The Balaban J connectivity index is 2.43. The number of thioether (sulfide) groups is 1. The molecule has 0 aromatic heterocycles. The number of hydrogen-bond donors (Lipinski definition) is 5. The highest BCUT2D eigenvalue weighted by Gasteiger charge is 2.44. The number of oxime groups is 1. The number of aliphatic hydroxyl groups is 4. The predicted molar refractivity (Wildman–Crippen MR) is 127 cm³/mol. The number of ether oxygens (including phenoxy) is 1. The van der Waals surface area contributed by atoms with Gasteiger partial charge in [-0.1, -0.05) is 61.9 Å². The van der Waals surface area contributed by atoms with Crippen molar-refractivity contribution >= 4 is 38.0 Å². The molecule has 1 aliphatic heterocycles. The van der Waals surface area contributed by atoms with Crippen molar-refractivity contribution in [1.82, 2.24) is 0 Å². The van der Waals surface area contributed by atoms with Crippen molar-refractivity contribution in [2.24, 2.45) is 5.16 Å². The van der Waals surface area contributed by atoms with Crippen LogP contribution in [0.3, 0.4) is 0 Å². The monoisotopic (exact) mass is 535 g/mol. The van der Waals surface area contributed by atoms with Gasteiger partial charge in [-0.2, -0.15) is 8.42 Å². The number of nitrogens with zero attached hydrogens (tertiary/aromatic N) is 1. The van der Waals surface area contributed by atoms with Crippen LogP contribution < -0.4 is 0 Å². The Morgan fingerprint density at radius 2 is 1.52 bits per heavy atom. The van der Waals surface area contributed by atoms with Crippen LogP contribution >= 0.6 is 11.8 Å². The molecule has 0 aliphatic carbocycles. The summed E-state index contributed by atoms with van der Waals surface area (Å²) in [6, 6.07) is 0. The molecule has 6 atom stereocenters. The maximum absolute atomic E-state index is 11.0. The highest BCUT2D eigenvalue weighted by Crippen LogP contribution is 2.31. The fourth-order valence-electron chi connectivity index (χ4n) is 3.33. The van der Waals surface area contributed by atoms with E-state index in [0.29, 0.717) is 6.42 Å². The van der Waals surface area contributed by atoms with Gasteiger partial charge in [0.2, 0.25) is 0 Å². The van der Waals surface area contributed by atoms with E-state index < -0.39 is 57.7 Å². The van der Waals surface area contributed by atoms with Crippen molar-refractivity contribution in [3.05, 3.63) is 0 Å². The van der Waals surface area contributed by atoms with Crippen LogP contribution in [0, 0.1) is 0 Å². The van der Waals surface area contributed by atoms with Crippen molar-refractivity contribution in [3.63, 3.8) is 0 Å². The Morgan fingerprint density at radius 1 is 0.970 bits per heavy atom. The van der Waals surface area contributed by atoms with Gasteiger partial charge in [-0.25, -0.2) is 4.28 Å². The van der Waals surface area contributed by atoms with Crippen LogP contribution in [0.25, 0.3) is 0 Å². The highest BCUT2D eigenvalue weighted by molar-refractivity contribution is 8.14. The second-order valence-electron chi connectivity index (χ2n) is 8.01. The van der Waals surface area contributed by atoms with E-state index in [9.17, 15) is 33.1 Å². The van der Waals surface area contributed by atoms with E-state index in [0.717, 1.165) is 68.9 Å². The molecule has 1 heterocycles. The summed E-state index contributed by atoms with van der Waals surface area (Å²) in [5.74, 6) is 0.756. The van der Waals surface area contributed by atoms with E-state index in [1.807, 2.05) is 0 Å². The molecule has 1 saturated heterocycles. The van der Waals surface area contributed by atoms with Crippen LogP contribution in [0.1, 0.15) is 64.2 Å². The Labute approximate surface area is 202 Å². The molecule has 0 aromatic rings. The minimum Gasteiger partial charge on any atom is -0.394 e. The van der Waals surface area contributed by atoms with Gasteiger partial charge in [0, 0.05) is 22.8 Å². The molecule has 0 saturated carbocycles. The van der Waals surface area contributed by atoms with Gasteiger partial charge in [0.05, 0.1) is 6.61 Å². The number of unbranched alkanes of at least 4 members (excludes halogenated alkanes) is 8. The van der Waals surface area contributed by atoms with E-state index >= 15 is 0 Å². The fourth-order valence-corrected chi connectivity index (χ4v) is 5.28.